The molecule has 4 rings (SSSR count). The van der Waals surface area contributed by atoms with Crippen LogP contribution in [0.4, 0.5) is 0 Å². The third-order valence-corrected chi connectivity index (χ3v) is 43.8. The van der Waals surface area contributed by atoms with Crippen LogP contribution in [-0.4, -0.2) is 57.7 Å². The first-order valence-corrected chi connectivity index (χ1v) is 36.3. The van der Waals surface area contributed by atoms with Crippen molar-refractivity contribution >= 4 is 33.3 Å². The Labute approximate surface area is 404 Å². The van der Waals surface area contributed by atoms with Gasteiger partial charge < -0.3 is 17.7 Å². The summed E-state index contributed by atoms with van der Waals surface area (Å²) < 4.78 is 31.6. The molecular weight excluding hydrogens is 849 g/mol. The summed E-state index contributed by atoms with van der Waals surface area (Å²) in [5.74, 6) is 1.93. The maximum absolute atomic E-state index is 7.95. The number of allylic oxidation sites excluding steroid dienone is 2. The fourth-order valence-corrected chi connectivity index (χ4v) is 39.5. The van der Waals surface area contributed by atoms with Crippen LogP contribution in [0.15, 0.2) is 23.3 Å². The molecule has 8 unspecified atom stereocenters. The lowest BCUT2D eigenvalue weighted by molar-refractivity contribution is -0.0156. The van der Waals surface area contributed by atoms with Crippen LogP contribution < -0.4 is 0 Å². The van der Waals surface area contributed by atoms with Crippen LogP contribution in [0, 0.1) is 23.7 Å². The van der Waals surface area contributed by atoms with E-state index in [0.29, 0.717) is 102 Å². The topological polar surface area (TPSA) is 36.9 Å². The van der Waals surface area contributed by atoms with Crippen LogP contribution in [0.2, 0.25) is 66.5 Å². The highest BCUT2D eigenvalue weighted by atomic mass is 28.4. The summed E-state index contributed by atoms with van der Waals surface area (Å²) in [5.41, 5.74) is 10.4. The van der Waals surface area contributed by atoms with E-state index in [1.807, 2.05) is 0 Å². The van der Waals surface area contributed by atoms with Gasteiger partial charge in [-0.2, -0.15) is 0 Å². The van der Waals surface area contributed by atoms with Gasteiger partial charge in [0.25, 0.3) is 0 Å². The predicted octanol–water partition coefficient (Wildman–Crippen LogP) is 18.7. The van der Waals surface area contributed by atoms with E-state index in [2.05, 4.69) is 178 Å². The summed E-state index contributed by atoms with van der Waals surface area (Å²) in [7, 11) is -8.33. The molecule has 0 radical (unpaired) electrons. The lowest BCUT2D eigenvalue weighted by Crippen LogP contribution is -2.57. The van der Waals surface area contributed by atoms with Crippen molar-refractivity contribution in [2.24, 2.45) is 23.7 Å². The zero-order valence-electron chi connectivity index (χ0n) is 47.0. The van der Waals surface area contributed by atoms with Crippen molar-refractivity contribution in [2.75, 3.05) is 0 Å². The van der Waals surface area contributed by atoms with Crippen LogP contribution >= 0.6 is 0 Å². The van der Waals surface area contributed by atoms with Crippen molar-refractivity contribution in [1.29, 1.82) is 0 Å². The highest BCUT2D eigenvalue weighted by molar-refractivity contribution is 6.79. The van der Waals surface area contributed by atoms with Gasteiger partial charge in [-0.1, -0.05) is 189 Å². The second kappa shape index (κ2) is 22.5. The molecule has 0 spiro atoms. The molecule has 2 saturated carbocycles. The summed E-state index contributed by atoms with van der Waals surface area (Å²) in [5, 5.41) is 0. The molecule has 0 N–H and O–H groups in total. The zero-order valence-corrected chi connectivity index (χ0v) is 51.0. The van der Waals surface area contributed by atoms with Crippen molar-refractivity contribution in [1.82, 2.24) is 0 Å². The number of hydrogen-bond acceptors (Lipinski definition) is 4. The first-order chi connectivity index (χ1) is 29.6. The molecule has 0 bridgehead atoms. The fourth-order valence-electron chi connectivity index (χ4n) is 17.0. The van der Waals surface area contributed by atoms with Gasteiger partial charge in [-0.25, -0.2) is 0 Å². The summed E-state index contributed by atoms with van der Waals surface area (Å²) in [4.78, 5) is 0. The molecule has 0 amide bonds. The molecule has 0 aliphatic heterocycles. The van der Waals surface area contributed by atoms with Gasteiger partial charge >= 0.3 is 0 Å². The zero-order chi connectivity index (χ0) is 48.6. The molecule has 0 heterocycles. The van der Waals surface area contributed by atoms with E-state index in [1.165, 1.54) is 0 Å². The molecule has 374 valence electrons. The van der Waals surface area contributed by atoms with Crippen LogP contribution in [0.5, 0.6) is 0 Å². The second-order valence-corrected chi connectivity index (χ2v) is 47.6. The predicted molar refractivity (Wildman–Crippen MR) is 291 cm³/mol. The Morgan fingerprint density at radius 2 is 0.516 bits per heavy atom. The SMILES string of the molecule is CC(C)[Si](OC1CCC(O[Si](C(C)C)(C(C)C)C(C)C)C2C(CCC3=CCC4C(O[Si](C(C)C)(C(C)C)C(C)C)CCC(O[Si](C(C)C)(C(C)C)C(C)C)C34)=CCC12)(C(C)C)C(C)C. The van der Waals surface area contributed by atoms with Crippen molar-refractivity contribution in [3.05, 3.63) is 23.3 Å². The lowest BCUT2D eigenvalue weighted by atomic mass is 9.72. The molecule has 2 fully saturated rings. The van der Waals surface area contributed by atoms with E-state index < -0.39 is 33.3 Å². The van der Waals surface area contributed by atoms with Crippen molar-refractivity contribution in [3.63, 3.8) is 0 Å². The smallest absolute Gasteiger partial charge is 0.200 e. The fraction of sp³-hybridized carbons (Fsp3) is 0.929. The summed E-state index contributed by atoms with van der Waals surface area (Å²) in [6.07, 6.45) is 15.8. The Morgan fingerprint density at radius 1 is 0.328 bits per heavy atom. The number of rotatable bonds is 23. The first-order valence-electron chi connectivity index (χ1n) is 27.7. The molecule has 8 heteroatoms. The molecule has 8 atom stereocenters. The molecule has 64 heavy (non-hydrogen) atoms. The van der Waals surface area contributed by atoms with E-state index in [1.54, 1.807) is 11.1 Å². The Morgan fingerprint density at radius 3 is 0.719 bits per heavy atom. The second-order valence-electron chi connectivity index (χ2n) is 26.0. The standard InChI is InChI=1S/C56H110O4Si4/c1-35(2)61(36(3)4,37(5)6)57-51-31-33-53(59-63(41(13)14,42(15)16)43(17)18)55-47(27-29-49(51)55)25-26-48-28-30-50-52(58-62(38(7)8,39(9)10)40(11)12)32-34-54(56(48)50)60-64(44(19)20,45(21)22)46(23)24/h27-28,35-46,49-56H,25-26,29-34H2,1-24H3. The van der Waals surface area contributed by atoms with E-state index >= 15 is 0 Å². The van der Waals surface area contributed by atoms with E-state index in [-0.39, 0.29) is 12.2 Å². The Bertz CT molecular complexity index is 1320. The Kier molecular flexibility index (Phi) is 20.0. The van der Waals surface area contributed by atoms with Gasteiger partial charge in [0.1, 0.15) is 0 Å². The Balaban J connectivity index is 1.76. The monoisotopic (exact) mass is 959 g/mol. The summed E-state index contributed by atoms with van der Waals surface area (Å²) in [6.45, 7) is 59.4. The van der Waals surface area contributed by atoms with Gasteiger partial charge in [-0.05, 0) is 130 Å². The minimum absolute atomic E-state index is 0.287. The van der Waals surface area contributed by atoms with Crippen LogP contribution in [0.3, 0.4) is 0 Å². The van der Waals surface area contributed by atoms with E-state index in [4.69, 9.17) is 17.7 Å². The van der Waals surface area contributed by atoms with Crippen LogP contribution in [0.25, 0.3) is 0 Å². The molecule has 0 aromatic carbocycles. The van der Waals surface area contributed by atoms with Gasteiger partial charge in [-0.3, -0.25) is 0 Å². The van der Waals surface area contributed by atoms with Gasteiger partial charge in [0.2, 0.25) is 33.3 Å². The van der Waals surface area contributed by atoms with Crippen LogP contribution in [0.1, 0.15) is 218 Å². The van der Waals surface area contributed by atoms with Gasteiger partial charge in [0, 0.05) is 24.0 Å². The molecule has 4 aliphatic carbocycles. The normalized spacial score (nSPS) is 27.7. The van der Waals surface area contributed by atoms with Crippen LogP contribution in [-0.2, 0) is 17.7 Å². The molecule has 0 aromatic rings. The maximum atomic E-state index is 7.95. The van der Waals surface area contributed by atoms with Crippen molar-refractivity contribution in [3.8, 4) is 0 Å². The number of fused-ring (bicyclic) bond motifs is 2. The van der Waals surface area contributed by atoms with Gasteiger partial charge in [0.05, 0.1) is 12.2 Å². The summed E-state index contributed by atoms with van der Waals surface area (Å²) in [6, 6.07) is 0. The lowest BCUT2D eigenvalue weighted by Gasteiger charge is -2.52. The first kappa shape index (κ1) is 56.8. The molecule has 4 nitrogen and oxygen atoms in total. The van der Waals surface area contributed by atoms with Crippen molar-refractivity contribution < 1.29 is 17.7 Å². The molecule has 0 saturated heterocycles. The molecule has 0 aromatic heterocycles. The van der Waals surface area contributed by atoms with E-state index in [9.17, 15) is 0 Å². The van der Waals surface area contributed by atoms with Gasteiger partial charge in [-0.15, -0.1) is 0 Å². The Hall–Kier alpha value is 0.188. The number of hydrogen-bond donors (Lipinski definition) is 0. The maximum Gasteiger partial charge on any atom is 0.200 e. The van der Waals surface area contributed by atoms with Gasteiger partial charge in [0.15, 0.2) is 0 Å². The highest BCUT2D eigenvalue weighted by Crippen LogP contribution is 2.57. The highest BCUT2D eigenvalue weighted by Gasteiger charge is 2.57. The van der Waals surface area contributed by atoms with E-state index in [0.717, 1.165) is 51.4 Å². The average molecular weight is 960 g/mol. The minimum Gasteiger partial charge on any atom is -0.413 e. The third kappa shape index (κ3) is 10.5. The molecular formula is C56H110O4Si4. The quantitative estimate of drug-likeness (QED) is 0.0755. The molecule has 4 aliphatic rings. The average Bonchev–Trinajstić information content (AvgIpc) is 3.81. The third-order valence-electron chi connectivity index (χ3n) is 19.3. The van der Waals surface area contributed by atoms with Crippen molar-refractivity contribution in [2.45, 2.75) is 308 Å². The minimum atomic E-state index is -2.11. The summed E-state index contributed by atoms with van der Waals surface area (Å²) >= 11 is 0. The largest absolute Gasteiger partial charge is 0.413 e.